The summed E-state index contributed by atoms with van der Waals surface area (Å²) >= 11 is 0. The minimum atomic E-state index is -6.26. The summed E-state index contributed by atoms with van der Waals surface area (Å²) in [7, 11) is -23.4. The van der Waals surface area contributed by atoms with E-state index in [4.69, 9.17) is 0 Å². The lowest BCUT2D eigenvalue weighted by atomic mass is 11.8. The largest absolute Gasteiger partial charge is 0.425 e. The van der Waals surface area contributed by atoms with Gasteiger partial charge in [-0.2, -0.15) is 4.20 Å². The van der Waals surface area contributed by atoms with E-state index < -0.39 is 31.2 Å². The van der Waals surface area contributed by atoms with Gasteiger partial charge in [0.2, 0.25) is 0 Å². The van der Waals surface area contributed by atoms with Gasteiger partial charge in [0, 0.05) is 7.11 Å². The average molecular weight is 344 g/mol. The molecule has 0 saturated heterocycles. The van der Waals surface area contributed by atoms with Crippen molar-refractivity contribution in [3.8, 4) is 0 Å². The van der Waals surface area contributed by atoms with Gasteiger partial charge in [0.15, 0.2) is 0 Å². The molecule has 16 heteroatoms. The predicted molar refractivity (Wildman–Crippen MR) is 52.2 cm³/mol. The molecule has 0 aromatic carbocycles. The van der Waals surface area contributed by atoms with Crippen molar-refractivity contribution in [1.82, 2.24) is 0 Å². The molecule has 0 saturated carbocycles. The summed E-state index contributed by atoms with van der Waals surface area (Å²) in [4.78, 5) is 0. The summed E-state index contributed by atoms with van der Waals surface area (Å²) in [5, 5.41) is 0. The maximum absolute atomic E-state index is 13.3. The van der Waals surface area contributed by atoms with Crippen molar-refractivity contribution in [3.05, 3.63) is 0 Å². The van der Waals surface area contributed by atoms with E-state index in [-0.39, 0.29) is 0 Å². The first-order valence-corrected chi connectivity index (χ1v) is 9.31. The quantitative estimate of drug-likeness (QED) is 0.366. The highest BCUT2D eigenvalue weighted by atomic mass is 31.3. The van der Waals surface area contributed by atoms with Crippen LogP contribution in [0, 0.1) is 0 Å². The predicted octanol–water partition coefficient (Wildman–Crippen LogP) is 7.22. The summed E-state index contributed by atoms with van der Waals surface area (Å²) in [6.45, 7) is 0. The van der Waals surface area contributed by atoms with Crippen LogP contribution in [-0.4, -0.2) is 7.11 Å². The van der Waals surface area contributed by atoms with Gasteiger partial charge in [0.1, 0.15) is 0 Å². The lowest BCUT2D eigenvalue weighted by Crippen LogP contribution is -1.75. The van der Waals surface area contributed by atoms with E-state index in [1.165, 1.54) is 0 Å². The molecule has 0 aromatic rings. The van der Waals surface area contributed by atoms with Crippen LogP contribution in [0.25, 0.3) is 0 Å². The van der Waals surface area contributed by atoms with E-state index in [9.17, 15) is 29.4 Å². The molecule has 1 rings (SSSR count). The molecule has 1 unspecified atom stereocenters. The Bertz CT molecular complexity index is 532. The van der Waals surface area contributed by atoms with Crippen LogP contribution >= 0.6 is 31.2 Å². The Morgan fingerprint density at radius 3 is 1.41 bits per heavy atom. The van der Waals surface area contributed by atoms with E-state index in [0.29, 0.717) is 7.11 Å². The molecular weight excluding hydrogens is 341 g/mol. The molecular formula is CH3F7N4OP4. The van der Waals surface area contributed by atoms with Gasteiger partial charge >= 0.3 is 31.2 Å². The fourth-order valence-electron chi connectivity index (χ4n) is 0.669. The maximum atomic E-state index is 13.3. The second kappa shape index (κ2) is 4.49. The molecule has 0 spiro atoms. The number of hydrogen-bond acceptors (Lipinski definition) is 5. The van der Waals surface area contributed by atoms with Crippen molar-refractivity contribution in [3.63, 3.8) is 0 Å². The van der Waals surface area contributed by atoms with Crippen LogP contribution in [0.15, 0.2) is 18.1 Å². The molecule has 0 aliphatic carbocycles. The fraction of sp³-hybridized carbons (Fsp3) is 1.00. The van der Waals surface area contributed by atoms with Gasteiger partial charge in [-0.15, -0.1) is 43.2 Å². The van der Waals surface area contributed by atoms with Gasteiger partial charge in [-0.05, 0) is 0 Å². The van der Waals surface area contributed by atoms with Gasteiger partial charge in [-0.1, -0.05) is 0 Å². The highest BCUT2D eigenvalue weighted by Gasteiger charge is 2.39. The summed E-state index contributed by atoms with van der Waals surface area (Å²) < 4.78 is 100. The van der Waals surface area contributed by atoms with Crippen LogP contribution in [0.1, 0.15) is 0 Å². The zero-order valence-corrected chi connectivity index (χ0v) is 11.2. The Morgan fingerprint density at radius 2 is 1.00 bits per heavy atom. The normalized spacial score (nSPS) is 34.1. The van der Waals surface area contributed by atoms with Crippen molar-refractivity contribution in [2.75, 3.05) is 7.11 Å². The first-order chi connectivity index (χ1) is 7.39. The van der Waals surface area contributed by atoms with Gasteiger partial charge < -0.3 is 4.52 Å². The van der Waals surface area contributed by atoms with Crippen molar-refractivity contribution in [2.45, 2.75) is 0 Å². The van der Waals surface area contributed by atoms with Crippen LogP contribution in [0.3, 0.4) is 0 Å². The number of nitrogens with zero attached hydrogens (tertiary/aromatic N) is 4. The lowest BCUT2D eigenvalue weighted by Gasteiger charge is -2.13. The molecule has 0 N–H and O–H groups in total. The summed E-state index contributed by atoms with van der Waals surface area (Å²) in [6.07, 6.45) is 0. The lowest BCUT2D eigenvalue weighted by molar-refractivity contribution is 0.420. The third kappa shape index (κ3) is 4.52. The first kappa shape index (κ1) is 15.4. The second-order valence-electron chi connectivity index (χ2n) is 2.38. The highest BCUT2D eigenvalue weighted by Crippen LogP contribution is 2.82. The maximum Gasteiger partial charge on any atom is 0.425 e. The van der Waals surface area contributed by atoms with E-state index in [1.807, 2.05) is 9.03 Å². The van der Waals surface area contributed by atoms with Crippen LogP contribution < -0.4 is 0 Å². The topological polar surface area (TPSA) is 58.7 Å². The van der Waals surface area contributed by atoms with Crippen LogP contribution in [0.4, 0.5) is 29.4 Å². The van der Waals surface area contributed by atoms with Gasteiger partial charge in [-0.25, -0.2) is 0 Å². The molecule has 17 heavy (non-hydrogen) atoms. The third-order valence-electron chi connectivity index (χ3n) is 1.10. The zero-order valence-electron chi connectivity index (χ0n) is 7.63. The Balaban J connectivity index is 3.69. The molecule has 1 aliphatic rings. The molecule has 0 amide bonds. The minimum absolute atomic E-state index is 0.468. The molecule has 102 valence electrons. The van der Waals surface area contributed by atoms with Gasteiger partial charge in [0.25, 0.3) is 0 Å². The standard InChI is InChI=1S/CH3F7N4OP4/c1-13-17(8)11-15(4,5)9-14(2,3)10-16(6,7)12-17/h1H3. The Morgan fingerprint density at radius 1 is 0.647 bits per heavy atom. The van der Waals surface area contributed by atoms with E-state index in [1.54, 1.807) is 9.03 Å². The monoisotopic (exact) mass is 344 g/mol. The van der Waals surface area contributed by atoms with Crippen LogP contribution in [0.2, 0.25) is 0 Å². The molecule has 0 fully saturated rings. The smallest absolute Gasteiger partial charge is 0.306 e. The van der Waals surface area contributed by atoms with Crippen LogP contribution in [0.5, 0.6) is 0 Å². The molecule has 1 heterocycles. The minimum Gasteiger partial charge on any atom is -0.306 e. The SMILES string of the molecule is COP1(F)=NP(F)(F)=NP(F)(F)=NP(F)(F)=N1. The highest BCUT2D eigenvalue weighted by molar-refractivity contribution is 7.77. The van der Waals surface area contributed by atoms with Crippen molar-refractivity contribution in [1.29, 1.82) is 0 Å². The first-order valence-electron chi connectivity index (χ1n) is 3.37. The molecule has 0 aromatic heterocycles. The average Bonchev–Trinajstić information content (AvgIpc) is 1.93. The van der Waals surface area contributed by atoms with Crippen molar-refractivity contribution in [2.24, 2.45) is 18.1 Å². The zero-order chi connectivity index (χ0) is 13.5. The second-order valence-corrected chi connectivity index (χ2v) is 9.29. The van der Waals surface area contributed by atoms with E-state index in [2.05, 4.69) is 4.52 Å². The number of rotatable bonds is 1. The van der Waals surface area contributed by atoms with Gasteiger partial charge in [-0.3, -0.25) is 0 Å². The third-order valence-corrected chi connectivity index (χ3v) is 8.49. The molecule has 0 bridgehead atoms. The van der Waals surface area contributed by atoms with Gasteiger partial charge in [0.05, 0.1) is 0 Å². The number of halogens is 7. The summed E-state index contributed by atoms with van der Waals surface area (Å²) in [5.41, 5.74) is 0. The van der Waals surface area contributed by atoms with Crippen molar-refractivity contribution < 1.29 is 33.9 Å². The summed E-state index contributed by atoms with van der Waals surface area (Å²) in [5.74, 6) is 0. The summed E-state index contributed by atoms with van der Waals surface area (Å²) in [6, 6.07) is 0. The number of hydrogen-bond donors (Lipinski definition) is 0. The Hall–Kier alpha value is 0.390. The van der Waals surface area contributed by atoms with Crippen LogP contribution in [-0.2, 0) is 4.52 Å². The van der Waals surface area contributed by atoms with E-state index >= 15 is 0 Å². The molecule has 5 nitrogen and oxygen atoms in total. The fourth-order valence-corrected chi connectivity index (χ4v) is 7.31. The van der Waals surface area contributed by atoms with E-state index in [0.717, 1.165) is 0 Å². The van der Waals surface area contributed by atoms with Crippen molar-refractivity contribution >= 4 is 31.2 Å². The molecule has 1 atom stereocenters. The molecule has 0 radical (unpaired) electrons. The Kier molecular flexibility index (Phi) is 4.08. The Labute approximate surface area is 91.1 Å². The molecule has 1 aliphatic heterocycles.